The Hall–Kier alpha value is -1.79. The van der Waals surface area contributed by atoms with E-state index in [-0.39, 0.29) is 6.54 Å². The summed E-state index contributed by atoms with van der Waals surface area (Å²) in [7, 11) is 0. The number of carbonyl (C=O) groups is 1. The maximum absolute atomic E-state index is 10.3. The minimum absolute atomic E-state index is 0.0160. The van der Waals surface area contributed by atoms with Crippen LogP contribution in [0, 0.1) is 0 Å². The van der Waals surface area contributed by atoms with Gasteiger partial charge in [-0.1, -0.05) is 6.07 Å². The predicted octanol–water partition coefficient (Wildman–Crippen LogP) is 0.569. The summed E-state index contributed by atoms with van der Waals surface area (Å²) in [5.74, 6) is 0.761. The van der Waals surface area contributed by atoms with Gasteiger partial charge in [-0.3, -0.25) is 4.79 Å². The van der Waals surface area contributed by atoms with E-state index in [1.807, 2.05) is 18.2 Å². The summed E-state index contributed by atoms with van der Waals surface area (Å²) in [5, 5.41) is 14.6. The number of aliphatic carboxylic acids is 1. The van der Waals surface area contributed by atoms with Gasteiger partial charge in [0, 0.05) is 6.54 Å². The molecule has 2 rings (SSSR count). The Morgan fingerprint density at radius 2 is 2.00 bits per heavy atom. The van der Waals surface area contributed by atoms with E-state index in [4.69, 9.17) is 14.6 Å². The molecule has 0 amide bonds. The Labute approximate surface area is 111 Å². The molecule has 1 aliphatic rings. The monoisotopic (exact) mass is 266 g/mol. The Morgan fingerprint density at radius 1 is 1.21 bits per heavy atom. The zero-order chi connectivity index (χ0) is 13.5. The van der Waals surface area contributed by atoms with Crippen molar-refractivity contribution in [2.24, 2.45) is 0 Å². The van der Waals surface area contributed by atoms with E-state index in [0.717, 1.165) is 36.6 Å². The van der Waals surface area contributed by atoms with Crippen molar-refractivity contribution in [3.8, 4) is 11.5 Å². The van der Waals surface area contributed by atoms with Crippen LogP contribution in [0.3, 0.4) is 0 Å². The van der Waals surface area contributed by atoms with Crippen LogP contribution in [0.4, 0.5) is 0 Å². The van der Waals surface area contributed by atoms with E-state index >= 15 is 0 Å². The molecule has 0 fully saturated rings. The Kier molecular flexibility index (Phi) is 5.00. The highest BCUT2D eigenvalue weighted by Crippen LogP contribution is 2.32. The Morgan fingerprint density at radius 3 is 2.84 bits per heavy atom. The first-order valence-corrected chi connectivity index (χ1v) is 6.27. The molecule has 0 spiro atoms. The molecule has 19 heavy (non-hydrogen) atoms. The second-order valence-corrected chi connectivity index (χ2v) is 4.29. The summed E-state index contributed by atoms with van der Waals surface area (Å²) < 4.78 is 10.5. The summed E-state index contributed by atoms with van der Waals surface area (Å²) in [5.41, 5.74) is 1.14. The third kappa shape index (κ3) is 4.42. The molecule has 1 aromatic carbocycles. The van der Waals surface area contributed by atoms with Crippen LogP contribution < -0.4 is 20.1 Å². The molecule has 3 N–H and O–H groups in total. The standard InChI is InChI=1S/C13H18N2O4/c16-13(17)8-15-5-1-4-14-7-10-2-3-11-12(6-10)19-9-18-11/h2-3,6,14-15H,1,4-5,7-9H2,(H,16,17). The van der Waals surface area contributed by atoms with E-state index in [0.29, 0.717) is 13.3 Å². The lowest BCUT2D eigenvalue weighted by atomic mass is 10.2. The van der Waals surface area contributed by atoms with Crippen molar-refractivity contribution in [2.45, 2.75) is 13.0 Å². The number of carboxylic acids is 1. The minimum atomic E-state index is -0.826. The van der Waals surface area contributed by atoms with Crippen molar-refractivity contribution in [2.75, 3.05) is 26.4 Å². The molecule has 0 saturated carbocycles. The Balaban J connectivity index is 1.59. The number of hydrogen-bond donors (Lipinski definition) is 3. The lowest BCUT2D eigenvalue weighted by Gasteiger charge is -2.06. The van der Waals surface area contributed by atoms with Crippen molar-refractivity contribution < 1.29 is 19.4 Å². The highest BCUT2D eigenvalue weighted by atomic mass is 16.7. The summed E-state index contributed by atoms with van der Waals surface area (Å²) in [4.78, 5) is 10.3. The van der Waals surface area contributed by atoms with Crippen LogP contribution in [0.5, 0.6) is 11.5 Å². The zero-order valence-corrected chi connectivity index (χ0v) is 10.6. The van der Waals surface area contributed by atoms with Crippen molar-refractivity contribution in [1.82, 2.24) is 10.6 Å². The van der Waals surface area contributed by atoms with Gasteiger partial charge in [0.1, 0.15) is 0 Å². The van der Waals surface area contributed by atoms with Crippen LogP contribution in [0.1, 0.15) is 12.0 Å². The van der Waals surface area contributed by atoms with Crippen molar-refractivity contribution in [3.05, 3.63) is 23.8 Å². The Bertz CT molecular complexity index is 437. The molecule has 104 valence electrons. The fourth-order valence-electron chi connectivity index (χ4n) is 1.82. The molecule has 0 saturated heterocycles. The first-order chi connectivity index (χ1) is 9.25. The lowest BCUT2D eigenvalue weighted by Crippen LogP contribution is -2.26. The quantitative estimate of drug-likeness (QED) is 0.597. The fraction of sp³-hybridized carbons (Fsp3) is 0.462. The first kappa shape index (κ1) is 13.6. The summed E-state index contributed by atoms with van der Waals surface area (Å²) >= 11 is 0. The maximum Gasteiger partial charge on any atom is 0.317 e. The maximum atomic E-state index is 10.3. The average molecular weight is 266 g/mol. The van der Waals surface area contributed by atoms with Crippen LogP contribution in [-0.2, 0) is 11.3 Å². The lowest BCUT2D eigenvalue weighted by molar-refractivity contribution is -0.135. The average Bonchev–Trinajstić information content (AvgIpc) is 2.84. The first-order valence-electron chi connectivity index (χ1n) is 6.27. The van der Waals surface area contributed by atoms with E-state index < -0.39 is 5.97 Å². The molecule has 0 aliphatic carbocycles. The molecule has 0 aromatic heterocycles. The summed E-state index contributed by atoms with van der Waals surface area (Å²) in [6.07, 6.45) is 0.887. The van der Waals surface area contributed by atoms with Crippen molar-refractivity contribution in [1.29, 1.82) is 0 Å². The van der Waals surface area contributed by atoms with Gasteiger partial charge >= 0.3 is 5.97 Å². The highest BCUT2D eigenvalue weighted by molar-refractivity contribution is 5.68. The molecule has 1 aromatic rings. The van der Waals surface area contributed by atoms with Gasteiger partial charge in [-0.2, -0.15) is 0 Å². The van der Waals surface area contributed by atoms with Gasteiger partial charge in [0.25, 0.3) is 0 Å². The van der Waals surface area contributed by atoms with Crippen LogP contribution >= 0.6 is 0 Å². The number of nitrogens with one attached hydrogen (secondary N) is 2. The van der Waals surface area contributed by atoms with E-state index in [2.05, 4.69) is 10.6 Å². The number of rotatable bonds is 8. The second kappa shape index (κ2) is 6.96. The third-order valence-electron chi connectivity index (χ3n) is 2.75. The molecular formula is C13H18N2O4. The van der Waals surface area contributed by atoms with E-state index in [1.165, 1.54) is 0 Å². The minimum Gasteiger partial charge on any atom is -0.480 e. The van der Waals surface area contributed by atoms with Crippen molar-refractivity contribution in [3.63, 3.8) is 0 Å². The normalized spacial score (nSPS) is 12.6. The van der Waals surface area contributed by atoms with E-state index in [9.17, 15) is 4.79 Å². The number of hydrogen-bond acceptors (Lipinski definition) is 5. The largest absolute Gasteiger partial charge is 0.480 e. The van der Waals surface area contributed by atoms with Gasteiger partial charge in [-0.05, 0) is 37.2 Å². The van der Waals surface area contributed by atoms with Crippen LogP contribution in [-0.4, -0.2) is 37.5 Å². The molecule has 0 unspecified atom stereocenters. The second-order valence-electron chi connectivity index (χ2n) is 4.29. The van der Waals surface area contributed by atoms with Gasteiger partial charge in [-0.15, -0.1) is 0 Å². The zero-order valence-electron chi connectivity index (χ0n) is 10.6. The fourth-order valence-corrected chi connectivity index (χ4v) is 1.82. The molecular weight excluding hydrogens is 248 g/mol. The molecule has 0 bridgehead atoms. The van der Waals surface area contributed by atoms with Gasteiger partial charge in [-0.25, -0.2) is 0 Å². The van der Waals surface area contributed by atoms with E-state index in [1.54, 1.807) is 0 Å². The predicted molar refractivity (Wildman–Crippen MR) is 69.4 cm³/mol. The third-order valence-corrected chi connectivity index (χ3v) is 2.75. The van der Waals surface area contributed by atoms with Gasteiger partial charge in [0.15, 0.2) is 11.5 Å². The smallest absolute Gasteiger partial charge is 0.317 e. The molecule has 6 heteroatoms. The highest BCUT2D eigenvalue weighted by Gasteiger charge is 2.12. The topological polar surface area (TPSA) is 79.8 Å². The number of benzene rings is 1. The number of ether oxygens (including phenoxy) is 2. The summed E-state index contributed by atoms with van der Waals surface area (Å²) in [6, 6.07) is 5.88. The van der Waals surface area contributed by atoms with Crippen LogP contribution in [0.15, 0.2) is 18.2 Å². The van der Waals surface area contributed by atoms with Crippen LogP contribution in [0.25, 0.3) is 0 Å². The summed E-state index contributed by atoms with van der Waals surface area (Å²) in [6.45, 7) is 2.60. The molecule has 1 heterocycles. The molecule has 0 atom stereocenters. The molecule has 6 nitrogen and oxygen atoms in total. The number of carboxylic acid groups (broad SMARTS) is 1. The molecule has 1 aliphatic heterocycles. The van der Waals surface area contributed by atoms with Gasteiger partial charge in [0.2, 0.25) is 6.79 Å². The van der Waals surface area contributed by atoms with Gasteiger partial charge < -0.3 is 25.2 Å². The van der Waals surface area contributed by atoms with Crippen molar-refractivity contribution >= 4 is 5.97 Å². The SMILES string of the molecule is O=C(O)CNCCCNCc1ccc2c(c1)OCO2. The number of fused-ring (bicyclic) bond motifs is 1. The van der Waals surface area contributed by atoms with Crippen LogP contribution in [0.2, 0.25) is 0 Å². The van der Waals surface area contributed by atoms with Gasteiger partial charge in [0.05, 0.1) is 6.54 Å². The molecule has 0 radical (unpaired) electrons.